The van der Waals surface area contributed by atoms with Crippen molar-refractivity contribution in [2.45, 2.75) is 44.2 Å². The highest BCUT2D eigenvalue weighted by atomic mass is 32.2. The lowest BCUT2D eigenvalue weighted by molar-refractivity contribution is -0.192. The number of aliphatic carboxylic acids is 1. The first-order valence-corrected chi connectivity index (χ1v) is 9.55. The molecule has 1 unspecified atom stereocenters. The van der Waals surface area contributed by atoms with E-state index in [0.29, 0.717) is 18.9 Å². The number of rotatable bonds is 7. The number of carbonyl (C=O) groups is 3. The second-order valence-electron chi connectivity index (χ2n) is 6.73. The molecule has 0 radical (unpaired) electrons. The lowest BCUT2D eigenvalue weighted by Gasteiger charge is -2.15. The van der Waals surface area contributed by atoms with Gasteiger partial charge in [-0.25, -0.2) is 4.79 Å². The molecule has 4 N–H and O–H groups in total. The van der Waals surface area contributed by atoms with Gasteiger partial charge in [-0.3, -0.25) is 14.9 Å². The maximum absolute atomic E-state index is 11.5. The van der Waals surface area contributed by atoms with Crippen LogP contribution in [0.2, 0.25) is 0 Å². The number of carbonyl (C=O) groups excluding carboxylic acids is 2. The average Bonchev–Trinajstić information content (AvgIpc) is 2.90. The zero-order valence-corrected chi connectivity index (χ0v) is 16.7. The molecular formula is C18H23F3N2O5S. The summed E-state index contributed by atoms with van der Waals surface area (Å²) < 4.78 is 37.4. The molecule has 1 heterocycles. The quantitative estimate of drug-likeness (QED) is 0.601. The molecule has 1 aliphatic heterocycles. The van der Waals surface area contributed by atoms with Crippen LogP contribution in [0.15, 0.2) is 24.3 Å². The first kappa shape index (κ1) is 24.8. The number of hydrogen-bond acceptors (Lipinski definition) is 6. The molecule has 1 fully saturated rings. The van der Waals surface area contributed by atoms with Gasteiger partial charge >= 0.3 is 12.1 Å². The fourth-order valence-corrected chi connectivity index (χ4v) is 3.20. The van der Waals surface area contributed by atoms with E-state index in [1.165, 1.54) is 0 Å². The van der Waals surface area contributed by atoms with Gasteiger partial charge in [-0.15, -0.1) is 0 Å². The Morgan fingerprint density at radius 3 is 2.24 bits per heavy atom. The Hall–Kier alpha value is -2.27. The summed E-state index contributed by atoms with van der Waals surface area (Å²) in [5, 5.41) is 8.81. The van der Waals surface area contributed by atoms with Crippen molar-refractivity contribution in [3.05, 3.63) is 29.8 Å². The number of benzene rings is 1. The molecule has 0 bridgehead atoms. The number of alkyl halides is 3. The SMILES string of the molecule is CC(C)C[C@@H](N)COc1ccc(CC2SC(=O)NC2=O)cc1.O=C(O)C(F)(F)F. The number of carboxylic acids is 1. The molecule has 29 heavy (non-hydrogen) atoms. The third kappa shape index (κ3) is 9.66. The minimum Gasteiger partial charge on any atom is -0.492 e. The van der Waals surface area contributed by atoms with E-state index in [9.17, 15) is 22.8 Å². The van der Waals surface area contributed by atoms with Gasteiger partial charge in [-0.1, -0.05) is 37.7 Å². The third-order valence-corrected chi connectivity index (χ3v) is 4.57. The summed E-state index contributed by atoms with van der Waals surface area (Å²) in [6.45, 7) is 4.76. The van der Waals surface area contributed by atoms with Crippen LogP contribution in [0, 0.1) is 5.92 Å². The van der Waals surface area contributed by atoms with Gasteiger partial charge in [0.25, 0.3) is 5.24 Å². The molecule has 11 heteroatoms. The Balaban J connectivity index is 0.000000516. The zero-order valence-electron chi connectivity index (χ0n) is 15.9. The number of nitrogens with two attached hydrogens (primary N) is 1. The molecule has 0 aromatic heterocycles. The van der Waals surface area contributed by atoms with E-state index in [0.717, 1.165) is 29.5 Å². The maximum Gasteiger partial charge on any atom is 0.490 e. The Morgan fingerprint density at radius 2 is 1.83 bits per heavy atom. The van der Waals surface area contributed by atoms with Crippen molar-refractivity contribution in [3.63, 3.8) is 0 Å². The predicted octanol–water partition coefficient (Wildman–Crippen LogP) is 2.97. The molecule has 1 saturated heterocycles. The summed E-state index contributed by atoms with van der Waals surface area (Å²) in [4.78, 5) is 31.6. The Morgan fingerprint density at radius 1 is 1.28 bits per heavy atom. The Bertz CT molecular complexity index is 710. The first-order valence-electron chi connectivity index (χ1n) is 8.67. The van der Waals surface area contributed by atoms with E-state index in [1.807, 2.05) is 24.3 Å². The number of halogens is 3. The normalized spacial score (nSPS) is 17.4. The summed E-state index contributed by atoms with van der Waals surface area (Å²) in [5.41, 5.74) is 6.99. The highest BCUT2D eigenvalue weighted by Crippen LogP contribution is 2.24. The molecule has 0 spiro atoms. The van der Waals surface area contributed by atoms with E-state index in [4.69, 9.17) is 20.4 Å². The summed E-state index contributed by atoms with van der Waals surface area (Å²) in [7, 11) is 0. The number of carboxylic acid groups (broad SMARTS) is 1. The lowest BCUT2D eigenvalue weighted by Crippen LogP contribution is -2.29. The summed E-state index contributed by atoms with van der Waals surface area (Å²) in [6.07, 6.45) is -3.62. The van der Waals surface area contributed by atoms with Gasteiger partial charge in [0.2, 0.25) is 5.91 Å². The fourth-order valence-electron chi connectivity index (χ4n) is 2.34. The van der Waals surface area contributed by atoms with Gasteiger partial charge in [0.1, 0.15) is 12.4 Å². The molecule has 1 aromatic carbocycles. The Labute approximate surface area is 170 Å². The van der Waals surface area contributed by atoms with Crippen molar-refractivity contribution >= 4 is 28.9 Å². The van der Waals surface area contributed by atoms with E-state index >= 15 is 0 Å². The van der Waals surface area contributed by atoms with Crippen molar-refractivity contribution in [3.8, 4) is 5.75 Å². The van der Waals surface area contributed by atoms with Crippen LogP contribution in [0.3, 0.4) is 0 Å². The van der Waals surface area contributed by atoms with Gasteiger partial charge in [0.15, 0.2) is 0 Å². The smallest absolute Gasteiger partial charge is 0.490 e. The first-order chi connectivity index (χ1) is 13.4. The summed E-state index contributed by atoms with van der Waals surface area (Å²) >= 11 is 1.05. The highest BCUT2D eigenvalue weighted by molar-refractivity contribution is 8.15. The molecule has 1 aromatic rings. The lowest BCUT2D eigenvalue weighted by atomic mass is 10.1. The maximum atomic E-state index is 11.5. The topological polar surface area (TPSA) is 119 Å². The van der Waals surface area contributed by atoms with Gasteiger partial charge in [-0.2, -0.15) is 13.2 Å². The van der Waals surface area contributed by atoms with E-state index < -0.39 is 12.1 Å². The van der Waals surface area contributed by atoms with Crippen molar-refractivity contribution in [1.82, 2.24) is 5.32 Å². The predicted molar refractivity (Wildman–Crippen MR) is 102 cm³/mol. The largest absolute Gasteiger partial charge is 0.492 e. The van der Waals surface area contributed by atoms with Crippen LogP contribution in [0.4, 0.5) is 18.0 Å². The number of imide groups is 1. The Kier molecular flexibility index (Phi) is 9.44. The molecule has 162 valence electrons. The summed E-state index contributed by atoms with van der Waals surface area (Å²) in [6, 6.07) is 7.61. The molecule has 2 atom stereocenters. The number of amides is 2. The summed E-state index contributed by atoms with van der Waals surface area (Å²) in [5.74, 6) is -1.65. The van der Waals surface area contributed by atoms with Gasteiger partial charge in [0.05, 0.1) is 5.25 Å². The highest BCUT2D eigenvalue weighted by Gasteiger charge is 2.38. The minimum absolute atomic E-state index is 0.0317. The molecule has 0 saturated carbocycles. The van der Waals surface area contributed by atoms with Crippen molar-refractivity contribution in [1.29, 1.82) is 0 Å². The van der Waals surface area contributed by atoms with Gasteiger partial charge < -0.3 is 15.6 Å². The van der Waals surface area contributed by atoms with Crippen molar-refractivity contribution < 1.29 is 37.4 Å². The van der Waals surface area contributed by atoms with Crippen LogP contribution in [0.1, 0.15) is 25.8 Å². The van der Waals surface area contributed by atoms with Crippen LogP contribution in [0.25, 0.3) is 0 Å². The molecule has 1 aliphatic rings. The molecule has 2 rings (SSSR count). The van der Waals surface area contributed by atoms with Crippen LogP contribution in [-0.2, 0) is 16.0 Å². The van der Waals surface area contributed by atoms with E-state index in [1.54, 1.807) is 0 Å². The monoisotopic (exact) mass is 436 g/mol. The molecule has 0 aliphatic carbocycles. The standard InChI is InChI=1S/C16H22N2O3S.C2HF3O2/c1-10(2)7-12(17)9-21-13-5-3-11(4-6-13)8-14-15(19)18-16(20)22-14;3-2(4,5)1(6)7/h3-6,10,12,14H,7-9,17H2,1-2H3,(H,18,19,20);(H,6,7)/t12-,14?;/m1./s1. The molecule has 7 nitrogen and oxygen atoms in total. The minimum atomic E-state index is -5.08. The number of nitrogens with one attached hydrogen (secondary N) is 1. The van der Waals surface area contributed by atoms with E-state index in [-0.39, 0.29) is 22.4 Å². The van der Waals surface area contributed by atoms with E-state index in [2.05, 4.69) is 19.2 Å². The van der Waals surface area contributed by atoms with Crippen LogP contribution in [0.5, 0.6) is 5.75 Å². The molecular weight excluding hydrogens is 413 g/mol. The second-order valence-corrected chi connectivity index (χ2v) is 7.91. The second kappa shape index (κ2) is 11.1. The average molecular weight is 436 g/mol. The number of ether oxygens (including phenoxy) is 1. The van der Waals surface area contributed by atoms with Gasteiger partial charge in [0, 0.05) is 6.04 Å². The van der Waals surface area contributed by atoms with Crippen LogP contribution < -0.4 is 15.8 Å². The van der Waals surface area contributed by atoms with Crippen molar-refractivity contribution in [2.75, 3.05) is 6.61 Å². The number of hydrogen-bond donors (Lipinski definition) is 3. The van der Waals surface area contributed by atoms with Crippen molar-refractivity contribution in [2.24, 2.45) is 11.7 Å². The van der Waals surface area contributed by atoms with Crippen LogP contribution >= 0.6 is 11.8 Å². The number of thioether (sulfide) groups is 1. The third-order valence-electron chi connectivity index (χ3n) is 3.59. The zero-order chi connectivity index (χ0) is 22.2. The van der Waals surface area contributed by atoms with Crippen LogP contribution in [-0.4, -0.2) is 46.3 Å². The fraction of sp³-hybridized carbons (Fsp3) is 0.500. The van der Waals surface area contributed by atoms with Gasteiger partial charge in [-0.05, 0) is 36.5 Å². The molecule has 2 amide bonds.